The van der Waals surface area contributed by atoms with E-state index in [0.717, 1.165) is 38.7 Å². The van der Waals surface area contributed by atoms with Gasteiger partial charge in [0, 0.05) is 28.9 Å². The molecule has 0 N–H and O–H groups in total. The van der Waals surface area contributed by atoms with E-state index in [1.807, 2.05) is 43.4 Å². The standard InChI is InChI=1S/C21H16N2O3/c1-23-15-6-4-3-5-14(15)17-16(23)11-22-19-18(17)20(26-21(19)24)12-7-9-13(25-2)10-8-12/h3-11,20H,1-2H3. The molecule has 2 aromatic carbocycles. The fourth-order valence-electron chi connectivity index (χ4n) is 3.81. The van der Waals surface area contributed by atoms with Crippen molar-refractivity contribution in [3.05, 3.63) is 71.5 Å². The summed E-state index contributed by atoms with van der Waals surface area (Å²) in [7, 11) is 3.64. The zero-order valence-corrected chi connectivity index (χ0v) is 14.4. The molecule has 3 heterocycles. The Balaban J connectivity index is 1.83. The summed E-state index contributed by atoms with van der Waals surface area (Å²) >= 11 is 0. The number of rotatable bonds is 2. The van der Waals surface area contributed by atoms with Gasteiger partial charge >= 0.3 is 5.97 Å². The number of aryl methyl sites for hydroxylation is 1. The molecule has 0 fully saturated rings. The first-order chi connectivity index (χ1) is 12.7. The van der Waals surface area contributed by atoms with Gasteiger partial charge in [-0.05, 0) is 23.8 Å². The highest BCUT2D eigenvalue weighted by atomic mass is 16.5. The number of carbonyl (C=O) groups is 1. The molecule has 5 heteroatoms. The number of ether oxygens (including phenoxy) is 2. The summed E-state index contributed by atoms with van der Waals surface area (Å²) in [6, 6.07) is 15.8. The molecule has 5 rings (SSSR count). The Morgan fingerprint density at radius 1 is 1.08 bits per heavy atom. The number of para-hydroxylation sites is 1. The van der Waals surface area contributed by atoms with Crippen LogP contribution >= 0.6 is 0 Å². The predicted octanol–water partition coefficient (Wildman–Crippen LogP) is 3.99. The van der Waals surface area contributed by atoms with E-state index in [9.17, 15) is 4.79 Å². The number of cyclic esters (lactones) is 1. The third-order valence-corrected chi connectivity index (χ3v) is 5.09. The first-order valence-electron chi connectivity index (χ1n) is 8.40. The molecule has 0 aliphatic carbocycles. The largest absolute Gasteiger partial charge is 0.497 e. The molecule has 26 heavy (non-hydrogen) atoms. The van der Waals surface area contributed by atoms with Crippen molar-refractivity contribution in [3.8, 4) is 5.75 Å². The molecule has 0 bridgehead atoms. The summed E-state index contributed by atoms with van der Waals surface area (Å²) in [5.41, 5.74) is 4.23. The van der Waals surface area contributed by atoms with Gasteiger partial charge in [0.05, 0.1) is 18.8 Å². The summed E-state index contributed by atoms with van der Waals surface area (Å²) in [5, 5.41) is 2.13. The lowest BCUT2D eigenvalue weighted by atomic mass is 9.97. The lowest BCUT2D eigenvalue weighted by Crippen LogP contribution is -2.01. The lowest BCUT2D eigenvalue weighted by Gasteiger charge is -2.12. The number of pyridine rings is 1. The van der Waals surface area contributed by atoms with E-state index in [0.29, 0.717) is 5.69 Å². The number of fused-ring (bicyclic) bond motifs is 5. The highest BCUT2D eigenvalue weighted by molar-refractivity contribution is 6.13. The van der Waals surface area contributed by atoms with Crippen LogP contribution in [0.4, 0.5) is 0 Å². The summed E-state index contributed by atoms with van der Waals surface area (Å²) in [6.45, 7) is 0. The maximum atomic E-state index is 12.4. The van der Waals surface area contributed by atoms with E-state index in [2.05, 4.69) is 21.7 Å². The van der Waals surface area contributed by atoms with Gasteiger partial charge in [-0.1, -0.05) is 30.3 Å². The Bertz CT molecular complexity index is 1180. The molecule has 0 spiro atoms. The van der Waals surface area contributed by atoms with Crippen molar-refractivity contribution in [2.24, 2.45) is 7.05 Å². The van der Waals surface area contributed by atoms with Gasteiger partial charge in [-0.15, -0.1) is 0 Å². The van der Waals surface area contributed by atoms with Crippen molar-refractivity contribution in [2.75, 3.05) is 7.11 Å². The van der Waals surface area contributed by atoms with Crippen LogP contribution in [0.1, 0.15) is 27.7 Å². The second-order valence-electron chi connectivity index (χ2n) is 6.42. The molecule has 5 nitrogen and oxygen atoms in total. The monoisotopic (exact) mass is 344 g/mol. The van der Waals surface area contributed by atoms with Crippen LogP contribution in [0.3, 0.4) is 0 Å². The average molecular weight is 344 g/mol. The van der Waals surface area contributed by atoms with Gasteiger partial charge in [0.15, 0.2) is 11.8 Å². The zero-order chi connectivity index (χ0) is 17.8. The van der Waals surface area contributed by atoms with Crippen LogP contribution in [0.5, 0.6) is 5.75 Å². The topological polar surface area (TPSA) is 53.4 Å². The van der Waals surface area contributed by atoms with Gasteiger partial charge in [-0.3, -0.25) is 0 Å². The first-order valence-corrected chi connectivity index (χ1v) is 8.40. The van der Waals surface area contributed by atoms with Crippen molar-refractivity contribution in [1.29, 1.82) is 0 Å². The Hall–Kier alpha value is -3.34. The Kier molecular flexibility index (Phi) is 3.06. The van der Waals surface area contributed by atoms with Crippen molar-refractivity contribution >= 4 is 27.8 Å². The number of methoxy groups -OCH3 is 1. The number of carbonyl (C=O) groups excluding carboxylic acids is 1. The van der Waals surface area contributed by atoms with E-state index in [4.69, 9.17) is 9.47 Å². The molecule has 0 saturated carbocycles. The predicted molar refractivity (Wildman–Crippen MR) is 98.5 cm³/mol. The summed E-state index contributed by atoms with van der Waals surface area (Å²) in [6.07, 6.45) is 1.29. The molecule has 128 valence electrons. The quantitative estimate of drug-likeness (QED) is 0.516. The van der Waals surface area contributed by atoms with Crippen LogP contribution in [0.2, 0.25) is 0 Å². The van der Waals surface area contributed by atoms with Crippen molar-refractivity contribution in [1.82, 2.24) is 9.55 Å². The van der Waals surface area contributed by atoms with Crippen LogP contribution in [-0.2, 0) is 11.8 Å². The smallest absolute Gasteiger partial charge is 0.358 e. The molecule has 2 aromatic heterocycles. The van der Waals surface area contributed by atoms with Crippen LogP contribution in [-0.4, -0.2) is 22.6 Å². The molecule has 1 aliphatic heterocycles. The Labute approximate surface area is 149 Å². The van der Waals surface area contributed by atoms with Gasteiger partial charge in [0.1, 0.15) is 5.75 Å². The molecular formula is C21H16N2O3. The lowest BCUT2D eigenvalue weighted by molar-refractivity contribution is 0.0453. The maximum Gasteiger partial charge on any atom is 0.358 e. The van der Waals surface area contributed by atoms with Gasteiger partial charge in [0.25, 0.3) is 0 Å². The summed E-state index contributed by atoms with van der Waals surface area (Å²) in [5.74, 6) is 0.385. The minimum Gasteiger partial charge on any atom is -0.497 e. The third kappa shape index (κ3) is 1.91. The van der Waals surface area contributed by atoms with Crippen LogP contribution in [0, 0.1) is 0 Å². The molecule has 0 radical (unpaired) electrons. The number of aromatic nitrogens is 2. The Morgan fingerprint density at radius 2 is 1.85 bits per heavy atom. The second-order valence-corrected chi connectivity index (χ2v) is 6.42. The van der Waals surface area contributed by atoms with E-state index >= 15 is 0 Å². The van der Waals surface area contributed by atoms with Crippen molar-refractivity contribution in [2.45, 2.75) is 6.10 Å². The second kappa shape index (κ2) is 5.33. The van der Waals surface area contributed by atoms with Crippen molar-refractivity contribution in [3.63, 3.8) is 0 Å². The number of hydrogen-bond donors (Lipinski definition) is 0. The highest BCUT2D eigenvalue weighted by Crippen LogP contribution is 2.42. The molecule has 4 aromatic rings. The number of benzene rings is 2. The molecule has 0 amide bonds. The van der Waals surface area contributed by atoms with E-state index in [1.165, 1.54) is 0 Å². The highest BCUT2D eigenvalue weighted by Gasteiger charge is 2.36. The average Bonchev–Trinajstić information content (AvgIpc) is 3.17. The van der Waals surface area contributed by atoms with Crippen LogP contribution < -0.4 is 4.74 Å². The SMILES string of the molecule is COc1ccc(C2OC(=O)c3ncc4c(c32)c2ccccc2n4C)cc1. The van der Waals surface area contributed by atoms with Crippen molar-refractivity contribution < 1.29 is 14.3 Å². The number of nitrogens with zero attached hydrogens (tertiary/aromatic N) is 2. The fraction of sp³-hybridized carbons (Fsp3) is 0.143. The Morgan fingerprint density at radius 3 is 2.62 bits per heavy atom. The molecule has 1 unspecified atom stereocenters. The first kappa shape index (κ1) is 15.0. The van der Waals surface area contributed by atoms with Crippen LogP contribution in [0.15, 0.2) is 54.7 Å². The maximum absolute atomic E-state index is 12.4. The fourth-order valence-corrected chi connectivity index (χ4v) is 3.81. The summed E-state index contributed by atoms with van der Waals surface area (Å²) in [4.78, 5) is 16.9. The third-order valence-electron chi connectivity index (χ3n) is 5.09. The van der Waals surface area contributed by atoms with E-state index in [1.54, 1.807) is 13.3 Å². The van der Waals surface area contributed by atoms with E-state index < -0.39 is 6.10 Å². The minimum absolute atomic E-state index is 0.379. The van der Waals surface area contributed by atoms with Gasteiger partial charge in [0.2, 0.25) is 0 Å². The zero-order valence-electron chi connectivity index (χ0n) is 14.4. The van der Waals surface area contributed by atoms with Crippen LogP contribution in [0.25, 0.3) is 21.8 Å². The summed E-state index contributed by atoms with van der Waals surface area (Å²) < 4.78 is 13.0. The molecule has 0 saturated heterocycles. The molecule has 1 atom stereocenters. The van der Waals surface area contributed by atoms with Gasteiger partial charge < -0.3 is 14.0 Å². The van der Waals surface area contributed by atoms with Gasteiger partial charge in [-0.25, -0.2) is 9.78 Å². The minimum atomic E-state index is -0.467. The normalized spacial score (nSPS) is 16.1. The number of hydrogen-bond acceptors (Lipinski definition) is 4. The molecule has 1 aliphatic rings. The van der Waals surface area contributed by atoms with Gasteiger partial charge in [-0.2, -0.15) is 0 Å². The van der Waals surface area contributed by atoms with E-state index in [-0.39, 0.29) is 5.97 Å². The number of esters is 1. The molecular weight excluding hydrogens is 328 g/mol.